The quantitative estimate of drug-likeness (QED) is 0.570. The van der Waals surface area contributed by atoms with Gasteiger partial charge in [-0.05, 0) is 25.0 Å². The van der Waals surface area contributed by atoms with Crippen molar-refractivity contribution in [2.24, 2.45) is 0 Å². The van der Waals surface area contributed by atoms with Crippen LogP contribution in [0.2, 0.25) is 0 Å². The third-order valence-corrected chi connectivity index (χ3v) is 6.83. The van der Waals surface area contributed by atoms with Gasteiger partial charge in [0.25, 0.3) is 10.0 Å². The average molecular weight is 310 g/mol. The summed E-state index contributed by atoms with van der Waals surface area (Å²) in [6.45, 7) is 4.57. The zero-order valence-corrected chi connectivity index (χ0v) is 13.5. The van der Waals surface area contributed by atoms with E-state index in [0.717, 1.165) is 29.7 Å². The van der Waals surface area contributed by atoms with Crippen molar-refractivity contribution in [2.45, 2.75) is 43.2 Å². The molecule has 0 unspecified atom stereocenters. The van der Waals surface area contributed by atoms with Crippen molar-refractivity contribution in [1.82, 2.24) is 4.31 Å². The summed E-state index contributed by atoms with van der Waals surface area (Å²) in [5, 5.41) is 0. The van der Waals surface area contributed by atoms with Gasteiger partial charge >= 0.3 is 0 Å². The molecule has 0 radical (unpaired) electrons. The van der Waals surface area contributed by atoms with Crippen LogP contribution in [0.4, 0.5) is 0 Å². The van der Waals surface area contributed by atoms with Crippen molar-refractivity contribution < 1.29 is 8.42 Å². The Morgan fingerprint density at radius 2 is 2.06 bits per heavy atom. The number of unbranched alkanes of at least 4 members (excludes halogenated alkanes) is 2. The van der Waals surface area contributed by atoms with Crippen LogP contribution in [-0.4, -0.2) is 26.3 Å². The lowest BCUT2D eigenvalue weighted by molar-refractivity contribution is 0.455. The monoisotopic (exact) mass is 309 g/mol. The lowest BCUT2D eigenvalue weighted by Gasteiger charge is -2.15. The average Bonchev–Trinajstić information content (AvgIpc) is 2.71. The summed E-state index contributed by atoms with van der Waals surface area (Å²) in [7, 11) is -1.70. The first-order chi connectivity index (χ1) is 8.43. The van der Waals surface area contributed by atoms with Crippen LogP contribution in [0.15, 0.2) is 10.3 Å². The molecule has 0 N–H and O–H groups in total. The third kappa shape index (κ3) is 3.70. The fourth-order valence-electron chi connectivity index (χ4n) is 1.61. The van der Waals surface area contributed by atoms with E-state index in [1.54, 1.807) is 13.1 Å². The van der Waals surface area contributed by atoms with Crippen LogP contribution < -0.4 is 0 Å². The molecule has 1 heterocycles. The van der Waals surface area contributed by atoms with E-state index < -0.39 is 10.0 Å². The van der Waals surface area contributed by atoms with E-state index in [0.29, 0.717) is 16.6 Å². The minimum Gasteiger partial charge on any atom is -0.206 e. The fraction of sp³-hybridized carbons (Fsp3) is 0.667. The van der Waals surface area contributed by atoms with Crippen LogP contribution in [0.3, 0.4) is 0 Å². The second-order valence-electron chi connectivity index (χ2n) is 4.34. The summed E-state index contributed by atoms with van der Waals surface area (Å²) in [6.07, 6.45) is 3.04. The Balaban J connectivity index is 2.84. The Labute approximate surface area is 119 Å². The molecular formula is C12H20ClNO2S2. The van der Waals surface area contributed by atoms with Crippen LogP contribution in [0.1, 0.15) is 36.6 Å². The number of hydrogen-bond acceptors (Lipinski definition) is 3. The predicted molar refractivity (Wildman–Crippen MR) is 78.0 cm³/mol. The molecule has 1 aromatic heterocycles. The highest BCUT2D eigenvalue weighted by Gasteiger charge is 2.23. The number of nitrogens with zero attached hydrogens (tertiary/aromatic N) is 1. The van der Waals surface area contributed by atoms with Gasteiger partial charge in [-0.1, -0.05) is 19.8 Å². The van der Waals surface area contributed by atoms with Gasteiger partial charge in [0, 0.05) is 18.5 Å². The molecule has 0 aliphatic heterocycles. The maximum Gasteiger partial charge on any atom is 0.252 e. The molecule has 0 saturated heterocycles. The van der Waals surface area contributed by atoms with Gasteiger partial charge in [0.15, 0.2) is 0 Å². The standard InChI is InChI=1S/C12H20ClNO2S2/c1-4-5-6-7-14(3)18(15,16)12-8-10(2)11(9-13)17-12/h8H,4-7,9H2,1-3H3. The van der Waals surface area contributed by atoms with Crippen LogP contribution in [-0.2, 0) is 15.9 Å². The van der Waals surface area contributed by atoms with Gasteiger partial charge in [0.2, 0.25) is 0 Å². The largest absolute Gasteiger partial charge is 0.252 e. The number of halogens is 1. The van der Waals surface area contributed by atoms with Crippen LogP contribution in [0.25, 0.3) is 0 Å². The summed E-state index contributed by atoms with van der Waals surface area (Å²) in [5.41, 5.74) is 0.954. The highest BCUT2D eigenvalue weighted by Crippen LogP contribution is 2.29. The minimum absolute atomic E-state index is 0.367. The van der Waals surface area contributed by atoms with Gasteiger partial charge in [-0.2, -0.15) is 0 Å². The molecule has 0 amide bonds. The lowest BCUT2D eigenvalue weighted by atomic mass is 10.2. The molecule has 0 aromatic carbocycles. The van der Waals surface area contributed by atoms with Gasteiger partial charge < -0.3 is 0 Å². The molecule has 0 aliphatic carbocycles. The van der Waals surface area contributed by atoms with Crippen molar-refractivity contribution >= 4 is 33.0 Å². The van der Waals surface area contributed by atoms with Gasteiger partial charge in [-0.25, -0.2) is 12.7 Å². The molecule has 1 aromatic rings. The van der Waals surface area contributed by atoms with E-state index in [2.05, 4.69) is 6.92 Å². The Morgan fingerprint density at radius 1 is 1.39 bits per heavy atom. The molecular weight excluding hydrogens is 290 g/mol. The normalized spacial score (nSPS) is 12.3. The van der Waals surface area contributed by atoms with Gasteiger partial charge in [0.1, 0.15) is 4.21 Å². The van der Waals surface area contributed by atoms with E-state index in [1.165, 1.54) is 15.6 Å². The molecule has 6 heteroatoms. The molecule has 0 aliphatic rings. The Kier molecular flexibility index (Phi) is 6.11. The third-order valence-electron chi connectivity index (χ3n) is 2.86. The van der Waals surface area contributed by atoms with Gasteiger partial charge in [-0.15, -0.1) is 22.9 Å². The van der Waals surface area contributed by atoms with Crippen molar-refractivity contribution in [2.75, 3.05) is 13.6 Å². The summed E-state index contributed by atoms with van der Waals surface area (Å²) >= 11 is 7.05. The molecule has 0 atom stereocenters. The van der Waals surface area contributed by atoms with Crippen LogP contribution in [0.5, 0.6) is 0 Å². The molecule has 18 heavy (non-hydrogen) atoms. The SMILES string of the molecule is CCCCCN(C)S(=O)(=O)c1cc(C)c(CCl)s1. The number of alkyl halides is 1. The topological polar surface area (TPSA) is 37.4 Å². The number of sulfonamides is 1. The first-order valence-electron chi connectivity index (χ1n) is 6.05. The molecule has 0 spiro atoms. The Morgan fingerprint density at radius 3 is 2.56 bits per heavy atom. The Hall–Kier alpha value is -0.100. The summed E-state index contributed by atoms with van der Waals surface area (Å²) in [4.78, 5) is 0.928. The highest BCUT2D eigenvalue weighted by atomic mass is 35.5. The zero-order chi connectivity index (χ0) is 13.8. The van der Waals surface area contributed by atoms with Crippen LogP contribution >= 0.6 is 22.9 Å². The molecule has 0 bridgehead atoms. The number of aryl methyl sites for hydroxylation is 1. The van der Waals surface area contributed by atoms with Crippen molar-refractivity contribution in [3.05, 3.63) is 16.5 Å². The first-order valence-corrected chi connectivity index (χ1v) is 8.84. The summed E-state index contributed by atoms with van der Waals surface area (Å²) < 4.78 is 26.4. The second-order valence-corrected chi connectivity index (χ2v) is 8.01. The lowest BCUT2D eigenvalue weighted by Crippen LogP contribution is -2.27. The minimum atomic E-state index is -3.34. The van der Waals surface area contributed by atoms with Crippen molar-refractivity contribution in [1.29, 1.82) is 0 Å². The maximum atomic E-state index is 12.3. The molecule has 0 fully saturated rings. The van der Waals surface area contributed by atoms with Crippen LogP contribution in [0, 0.1) is 6.92 Å². The molecule has 0 saturated carbocycles. The second kappa shape index (κ2) is 6.89. The summed E-state index contributed by atoms with van der Waals surface area (Å²) in [5.74, 6) is 0.367. The maximum absolute atomic E-state index is 12.3. The van der Waals surface area contributed by atoms with E-state index in [1.807, 2.05) is 6.92 Å². The Bertz CT molecular complexity index is 482. The van der Waals surface area contributed by atoms with E-state index in [4.69, 9.17) is 11.6 Å². The number of hydrogen-bond donors (Lipinski definition) is 0. The molecule has 3 nitrogen and oxygen atoms in total. The van der Waals surface area contributed by atoms with E-state index in [-0.39, 0.29) is 0 Å². The smallest absolute Gasteiger partial charge is 0.206 e. The number of thiophene rings is 1. The fourth-order valence-corrected chi connectivity index (χ4v) is 4.84. The van der Waals surface area contributed by atoms with Crippen molar-refractivity contribution in [3.63, 3.8) is 0 Å². The van der Waals surface area contributed by atoms with Gasteiger partial charge in [-0.3, -0.25) is 0 Å². The molecule has 104 valence electrons. The van der Waals surface area contributed by atoms with Gasteiger partial charge in [0.05, 0.1) is 5.88 Å². The summed E-state index contributed by atoms with van der Waals surface area (Å²) in [6, 6.07) is 1.72. The van der Waals surface area contributed by atoms with E-state index >= 15 is 0 Å². The highest BCUT2D eigenvalue weighted by molar-refractivity contribution is 7.91. The molecule has 1 rings (SSSR count). The van der Waals surface area contributed by atoms with E-state index in [9.17, 15) is 8.42 Å². The predicted octanol–water partition coefficient (Wildman–Crippen LogP) is 3.61. The zero-order valence-electron chi connectivity index (χ0n) is 11.1. The van der Waals surface area contributed by atoms with Crippen molar-refractivity contribution in [3.8, 4) is 0 Å². The first kappa shape index (κ1) is 16.0. The number of rotatable bonds is 7.